The number of benzene rings is 2. The van der Waals surface area contributed by atoms with Crippen molar-refractivity contribution in [3.63, 3.8) is 0 Å². The molecule has 3 rings (SSSR count). The highest BCUT2D eigenvalue weighted by atomic mass is 16.2. The van der Waals surface area contributed by atoms with Crippen LogP contribution in [-0.2, 0) is 20.8 Å². The molecule has 1 fully saturated rings. The van der Waals surface area contributed by atoms with Crippen LogP contribution in [-0.4, -0.2) is 24.3 Å². The summed E-state index contributed by atoms with van der Waals surface area (Å²) >= 11 is 0. The van der Waals surface area contributed by atoms with E-state index in [1.165, 1.54) is 12.5 Å². The number of hydrogen-bond donors (Lipinski definition) is 2. The Bertz CT molecular complexity index is 861. The lowest BCUT2D eigenvalue weighted by Crippen LogP contribution is -2.28. The largest absolute Gasteiger partial charge is 0.326 e. The molecule has 0 aliphatic carbocycles. The Hall–Kier alpha value is -3.15. The fourth-order valence-corrected chi connectivity index (χ4v) is 3.17. The third-order valence-corrected chi connectivity index (χ3v) is 4.60. The van der Waals surface area contributed by atoms with Crippen LogP contribution in [0.3, 0.4) is 0 Å². The van der Waals surface area contributed by atoms with Crippen molar-refractivity contribution in [3.05, 3.63) is 54.1 Å². The first-order chi connectivity index (χ1) is 13.0. The van der Waals surface area contributed by atoms with E-state index < -0.39 is 5.92 Å². The topological polar surface area (TPSA) is 78.5 Å². The number of amides is 3. The molecule has 0 spiro atoms. The van der Waals surface area contributed by atoms with Crippen LogP contribution in [0.4, 0.5) is 17.1 Å². The summed E-state index contributed by atoms with van der Waals surface area (Å²) in [6.45, 7) is 3.87. The second kappa shape index (κ2) is 8.03. The molecule has 6 nitrogen and oxygen atoms in total. The van der Waals surface area contributed by atoms with Gasteiger partial charge in [-0.3, -0.25) is 14.4 Å². The van der Waals surface area contributed by atoms with E-state index in [9.17, 15) is 14.4 Å². The van der Waals surface area contributed by atoms with Gasteiger partial charge in [0.15, 0.2) is 0 Å². The molecule has 0 saturated carbocycles. The molecule has 3 amide bonds. The normalized spacial score (nSPS) is 16.3. The predicted molar refractivity (Wildman–Crippen MR) is 106 cm³/mol. The van der Waals surface area contributed by atoms with Crippen molar-refractivity contribution >= 4 is 34.8 Å². The third kappa shape index (κ3) is 4.53. The highest BCUT2D eigenvalue weighted by Crippen LogP contribution is 2.27. The van der Waals surface area contributed by atoms with Crippen molar-refractivity contribution in [2.75, 3.05) is 22.1 Å². The first-order valence-corrected chi connectivity index (χ1v) is 9.04. The van der Waals surface area contributed by atoms with Gasteiger partial charge >= 0.3 is 0 Å². The summed E-state index contributed by atoms with van der Waals surface area (Å²) in [5, 5.41) is 5.52. The molecule has 2 N–H and O–H groups in total. The fourth-order valence-electron chi connectivity index (χ4n) is 3.17. The van der Waals surface area contributed by atoms with E-state index in [4.69, 9.17) is 0 Å². The van der Waals surface area contributed by atoms with Gasteiger partial charge < -0.3 is 15.5 Å². The molecule has 2 aromatic carbocycles. The Morgan fingerprint density at radius 2 is 1.74 bits per heavy atom. The van der Waals surface area contributed by atoms with Crippen molar-refractivity contribution < 1.29 is 14.4 Å². The molecular formula is C21H23N3O3. The standard InChI is InChI=1S/C21H23N3O3/c1-3-15-7-9-19(10-8-15)24-13-16(11-20(24)26)21(27)23-18-6-4-5-17(12-18)22-14(2)25/h4-10,12,16H,3,11,13H2,1-2H3,(H,22,25)(H,23,27)/t16-/m0/s1. The minimum Gasteiger partial charge on any atom is -0.326 e. The Kier molecular flexibility index (Phi) is 5.54. The van der Waals surface area contributed by atoms with Gasteiger partial charge in [0.1, 0.15) is 0 Å². The van der Waals surface area contributed by atoms with E-state index in [1.54, 1.807) is 29.2 Å². The predicted octanol–water partition coefficient (Wildman–Crippen LogP) is 3.20. The summed E-state index contributed by atoms with van der Waals surface area (Å²) in [6, 6.07) is 14.8. The summed E-state index contributed by atoms with van der Waals surface area (Å²) in [7, 11) is 0. The van der Waals surface area contributed by atoms with Gasteiger partial charge in [0.2, 0.25) is 17.7 Å². The smallest absolute Gasteiger partial charge is 0.229 e. The zero-order valence-electron chi connectivity index (χ0n) is 15.5. The molecule has 1 heterocycles. The quantitative estimate of drug-likeness (QED) is 0.854. The highest BCUT2D eigenvalue weighted by molar-refractivity contribution is 6.03. The second-order valence-electron chi connectivity index (χ2n) is 6.68. The number of carbonyl (C=O) groups is 3. The van der Waals surface area contributed by atoms with Crippen molar-refractivity contribution in [3.8, 4) is 0 Å². The molecule has 0 unspecified atom stereocenters. The lowest BCUT2D eigenvalue weighted by Gasteiger charge is -2.17. The molecule has 1 aliphatic heterocycles. The summed E-state index contributed by atoms with van der Waals surface area (Å²) in [4.78, 5) is 37.8. The van der Waals surface area contributed by atoms with E-state index in [0.717, 1.165) is 12.1 Å². The monoisotopic (exact) mass is 365 g/mol. The Labute approximate surface area is 158 Å². The van der Waals surface area contributed by atoms with Gasteiger partial charge in [-0.05, 0) is 42.3 Å². The van der Waals surface area contributed by atoms with Crippen LogP contribution in [0.25, 0.3) is 0 Å². The van der Waals surface area contributed by atoms with Crippen LogP contribution in [0.1, 0.15) is 25.8 Å². The third-order valence-electron chi connectivity index (χ3n) is 4.60. The first kappa shape index (κ1) is 18.6. The van der Waals surface area contributed by atoms with E-state index in [1.807, 2.05) is 24.3 Å². The molecule has 1 atom stereocenters. The molecule has 6 heteroatoms. The summed E-state index contributed by atoms with van der Waals surface area (Å²) < 4.78 is 0. The van der Waals surface area contributed by atoms with Crippen LogP contribution in [0.2, 0.25) is 0 Å². The van der Waals surface area contributed by atoms with Gasteiger partial charge in [-0.25, -0.2) is 0 Å². The average molecular weight is 365 g/mol. The molecule has 0 radical (unpaired) electrons. The van der Waals surface area contributed by atoms with E-state index in [-0.39, 0.29) is 24.1 Å². The summed E-state index contributed by atoms with van der Waals surface area (Å²) in [5.74, 6) is -0.834. The maximum absolute atomic E-state index is 12.6. The van der Waals surface area contributed by atoms with Gasteiger partial charge in [-0.1, -0.05) is 25.1 Å². The molecule has 1 aliphatic rings. The van der Waals surface area contributed by atoms with E-state index >= 15 is 0 Å². The van der Waals surface area contributed by atoms with Gasteiger partial charge in [0, 0.05) is 37.0 Å². The lowest BCUT2D eigenvalue weighted by molar-refractivity contribution is -0.122. The molecule has 27 heavy (non-hydrogen) atoms. The van der Waals surface area contributed by atoms with Gasteiger partial charge in [-0.2, -0.15) is 0 Å². The summed E-state index contributed by atoms with van der Waals surface area (Å²) in [5.41, 5.74) is 3.23. The van der Waals surface area contributed by atoms with Crippen LogP contribution < -0.4 is 15.5 Å². The molecular weight excluding hydrogens is 342 g/mol. The number of nitrogens with zero attached hydrogens (tertiary/aromatic N) is 1. The SMILES string of the molecule is CCc1ccc(N2C[C@@H](C(=O)Nc3cccc(NC(C)=O)c3)CC2=O)cc1. The van der Waals surface area contributed by atoms with Crippen LogP contribution in [0.5, 0.6) is 0 Å². The van der Waals surface area contributed by atoms with Crippen molar-refractivity contribution in [2.24, 2.45) is 5.92 Å². The maximum atomic E-state index is 12.6. The average Bonchev–Trinajstić information content (AvgIpc) is 3.03. The Balaban J connectivity index is 1.66. The van der Waals surface area contributed by atoms with Crippen molar-refractivity contribution in [1.29, 1.82) is 0 Å². The van der Waals surface area contributed by atoms with Crippen LogP contribution in [0, 0.1) is 5.92 Å². The van der Waals surface area contributed by atoms with Gasteiger partial charge in [0.25, 0.3) is 0 Å². The van der Waals surface area contributed by atoms with E-state index in [0.29, 0.717) is 17.9 Å². The van der Waals surface area contributed by atoms with Gasteiger partial charge in [0.05, 0.1) is 5.92 Å². The fraction of sp³-hybridized carbons (Fsp3) is 0.286. The lowest BCUT2D eigenvalue weighted by atomic mass is 10.1. The molecule has 0 bridgehead atoms. The molecule has 140 valence electrons. The number of aryl methyl sites for hydroxylation is 1. The minimum atomic E-state index is -0.409. The molecule has 1 saturated heterocycles. The minimum absolute atomic E-state index is 0.0496. The first-order valence-electron chi connectivity index (χ1n) is 9.04. The zero-order chi connectivity index (χ0) is 19.4. The maximum Gasteiger partial charge on any atom is 0.229 e. The Morgan fingerprint density at radius 1 is 1.07 bits per heavy atom. The van der Waals surface area contributed by atoms with Crippen molar-refractivity contribution in [2.45, 2.75) is 26.7 Å². The number of anilines is 3. The Morgan fingerprint density at radius 3 is 2.37 bits per heavy atom. The summed E-state index contributed by atoms with van der Waals surface area (Å²) in [6.07, 6.45) is 1.13. The second-order valence-corrected chi connectivity index (χ2v) is 6.68. The van der Waals surface area contributed by atoms with Crippen molar-refractivity contribution in [1.82, 2.24) is 0 Å². The zero-order valence-corrected chi connectivity index (χ0v) is 15.5. The number of carbonyl (C=O) groups excluding carboxylic acids is 3. The molecule has 0 aromatic heterocycles. The molecule has 2 aromatic rings. The van der Waals surface area contributed by atoms with Gasteiger partial charge in [-0.15, -0.1) is 0 Å². The number of rotatable bonds is 5. The van der Waals surface area contributed by atoms with E-state index in [2.05, 4.69) is 17.6 Å². The highest BCUT2D eigenvalue weighted by Gasteiger charge is 2.35. The van der Waals surface area contributed by atoms with Crippen LogP contribution in [0.15, 0.2) is 48.5 Å². The van der Waals surface area contributed by atoms with Crippen LogP contribution >= 0.6 is 0 Å². The number of nitrogens with one attached hydrogen (secondary N) is 2. The number of hydrogen-bond acceptors (Lipinski definition) is 3.